The molecule has 0 aliphatic carbocycles. The molecule has 3 atom stereocenters. The van der Waals surface area contributed by atoms with Gasteiger partial charge >= 0.3 is 0 Å². The molecule has 2 fully saturated rings. The topological polar surface area (TPSA) is 56.2 Å². The molecule has 2 bridgehead atoms. The van der Waals surface area contributed by atoms with Gasteiger partial charge in [0.1, 0.15) is 0 Å². The van der Waals surface area contributed by atoms with Gasteiger partial charge in [-0.15, -0.1) is 0 Å². The van der Waals surface area contributed by atoms with Gasteiger partial charge in [-0.25, -0.2) is 0 Å². The number of hydrogen-bond acceptors (Lipinski definition) is 3. The van der Waals surface area contributed by atoms with Crippen LogP contribution in [-0.2, 0) is 4.79 Å². The lowest BCUT2D eigenvalue weighted by molar-refractivity contribution is -0.130. The van der Waals surface area contributed by atoms with Crippen molar-refractivity contribution in [2.75, 3.05) is 6.54 Å². The lowest BCUT2D eigenvalue weighted by Gasteiger charge is -2.40. The molecule has 2 N–H and O–H groups in total. The first-order valence-electron chi connectivity index (χ1n) is 13.4. The summed E-state index contributed by atoms with van der Waals surface area (Å²) >= 11 is 0. The third kappa shape index (κ3) is 6.81. The normalized spacial score (nSPS) is 23.6. The van der Waals surface area contributed by atoms with E-state index in [1.807, 2.05) is 13.0 Å². The van der Waals surface area contributed by atoms with Gasteiger partial charge in [0.15, 0.2) is 0 Å². The second-order valence-corrected chi connectivity index (χ2v) is 11.8. The van der Waals surface area contributed by atoms with Crippen LogP contribution in [0.15, 0.2) is 42.5 Å². The van der Waals surface area contributed by atoms with Crippen molar-refractivity contribution in [2.45, 2.75) is 104 Å². The Balaban J connectivity index is 1.64. The van der Waals surface area contributed by atoms with Gasteiger partial charge in [0, 0.05) is 29.8 Å². The highest BCUT2D eigenvalue weighted by molar-refractivity contribution is 5.95. The van der Waals surface area contributed by atoms with Crippen molar-refractivity contribution >= 4 is 11.6 Å². The highest BCUT2D eigenvalue weighted by atomic mass is 16.2. The largest absolute Gasteiger partial charge is 0.349 e. The Morgan fingerprint density at radius 2 is 1.76 bits per heavy atom. The molecule has 1 amide bonds. The van der Waals surface area contributed by atoms with Crippen molar-refractivity contribution in [1.82, 2.24) is 10.2 Å². The van der Waals surface area contributed by atoms with Crippen LogP contribution in [-0.4, -0.2) is 35.1 Å². The second kappa shape index (κ2) is 11.7. The van der Waals surface area contributed by atoms with Crippen LogP contribution in [0.25, 0.3) is 0 Å². The van der Waals surface area contributed by atoms with E-state index in [0.29, 0.717) is 29.6 Å². The van der Waals surface area contributed by atoms with E-state index in [1.165, 1.54) is 24.8 Å². The summed E-state index contributed by atoms with van der Waals surface area (Å²) in [5.74, 6) is 1.31. The highest BCUT2D eigenvalue weighted by Gasteiger charge is 2.41. The van der Waals surface area contributed by atoms with Crippen LogP contribution in [0.3, 0.4) is 0 Å². The molecule has 34 heavy (non-hydrogen) atoms. The van der Waals surface area contributed by atoms with E-state index in [1.54, 1.807) is 0 Å². The predicted octanol–water partition coefficient (Wildman–Crippen LogP) is 6.93. The number of allylic oxidation sites excluding steroid dienone is 1. The summed E-state index contributed by atoms with van der Waals surface area (Å²) in [6.07, 6.45) is 8.85. The molecular weight excluding hydrogens is 418 g/mol. The first-order valence-corrected chi connectivity index (χ1v) is 13.4. The Morgan fingerprint density at radius 1 is 1.15 bits per heavy atom. The first kappa shape index (κ1) is 26.7. The van der Waals surface area contributed by atoms with Crippen molar-refractivity contribution in [1.29, 1.82) is 5.41 Å². The van der Waals surface area contributed by atoms with Crippen LogP contribution in [0.2, 0.25) is 0 Å². The summed E-state index contributed by atoms with van der Waals surface area (Å²) in [5, 5.41) is 11.4. The van der Waals surface area contributed by atoms with Crippen molar-refractivity contribution < 1.29 is 4.79 Å². The molecule has 1 aromatic carbocycles. The van der Waals surface area contributed by atoms with Gasteiger partial charge in [-0.05, 0) is 68.4 Å². The molecule has 4 heteroatoms. The lowest BCUT2D eigenvalue weighted by atomic mass is 9.83. The van der Waals surface area contributed by atoms with Gasteiger partial charge in [0.05, 0.1) is 6.04 Å². The Labute approximate surface area is 208 Å². The van der Waals surface area contributed by atoms with Crippen molar-refractivity contribution in [3.05, 3.63) is 48.0 Å². The summed E-state index contributed by atoms with van der Waals surface area (Å²) in [6.45, 7) is 15.8. The van der Waals surface area contributed by atoms with Crippen molar-refractivity contribution in [2.24, 2.45) is 17.3 Å². The maximum Gasteiger partial charge on any atom is 0.226 e. The molecule has 3 rings (SSSR count). The number of fused-ring (bicyclic) bond motifs is 2. The Kier molecular flexibility index (Phi) is 9.14. The molecule has 0 radical (unpaired) electrons. The number of carbonyl (C=O) groups excluding carboxylic acids is 1. The molecule has 0 saturated carbocycles. The smallest absolute Gasteiger partial charge is 0.226 e. The second-order valence-electron chi connectivity index (χ2n) is 11.8. The zero-order valence-corrected chi connectivity index (χ0v) is 22.2. The molecule has 3 unspecified atom stereocenters. The standard InChI is InChI=1S/C30H47N3O/c1-21(2)11-10-17-30(5,6)29(34)32-28(24-12-8-7-9-13-24)16-18-33-26-14-15-27(33)20-25(19-26)22(3)23(4)31/h7-9,12-13,21,25-28,31H,3,10-11,14-20H2,1-2,4-6H3,(H,32,34). The first-order chi connectivity index (χ1) is 16.1. The molecule has 2 heterocycles. The van der Waals surface area contributed by atoms with Crippen LogP contribution in [0.4, 0.5) is 0 Å². The average Bonchev–Trinajstić information content (AvgIpc) is 3.02. The van der Waals surface area contributed by atoms with Gasteiger partial charge in [0.25, 0.3) is 0 Å². The zero-order chi connectivity index (χ0) is 24.9. The number of piperidine rings is 1. The van der Waals surface area contributed by atoms with Crippen molar-refractivity contribution in [3.63, 3.8) is 0 Å². The SMILES string of the molecule is C=C(C(C)=N)C1CC2CCC(C1)N2CCC(NC(=O)C(C)(C)CCCC(C)C)c1ccccc1. The fourth-order valence-corrected chi connectivity index (χ4v) is 5.94. The van der Waals surface area contributed by atoms with Gasteiger partial charge in [-0.2, -0.15) is 0 Å². The predicted molar refractivity (Wildman–Crippen MR) is 143 cm³/mol. The number of benzene rings is 1. The fourth-order valence-electron chi connectivity index (χ4n) is 5.94. The average molecular weight is 466 g/mol. The van der Waals surface area contributed by atoms with Gasteiger partial charge in [0.2, 0.25) is 5.91 Å². The molecular formula is C30H47N3O. The number of amides is 1. The van der Waals surface area contributed by atoms with E-state index in [9.17, 15) is 4.79 Å². The summed E-state index contributed by atoms with van der Waals surface area (Å²) in [7, 11) is 0. The minimum absolute atomic E-state index is 0.0361. The van der Waals surface area contributed by atoms with Crippen LogP contribution in [0.1, 0.15) is 97.6 Å². The van der Waals surface area contributed by atoms with Crippen LogP contribution < -0.4 is 5.32 Å². The maximum absolute atomic E-state index is 13.3. The molecule has 188 valence electrons. The van der Waals surface area contributed by atoms with Gasteiger partial charge in [-0.3, -0.25) is 9.69 Å². The molecule has 0 aromatic heterocycles. The summed E-state index contributed by atoms with van der Waals surface area (Å²) in [5.41, 5.74) is 2.51. The van der Waals surface area contributed by atoms with Crippen LogP contribution in [0.5, 0.6) is 0 Å². The van der Waals surface area contributed by atoms with Crippen LogP contribution in [0, 0.1) is 22.7 Å². The molecule has 2 aliphatic heterocycles. The molecule has 2 aliphatic rings. The van der Waals surface area contributed by atoms with E-state index in [4.69, 9.17) is 5.41 Å². The summed E-state index contributed by atoms with van der Waals surface area (Å²) in [6, 6.07) is 11.7. The highest BCUT2D eigenvalue weighted by Crippen LogP contribution is 2.41. The Morgan fingerprint density at radius 3 is 2.32 bits per heavy atom. The summed E-state index contributed by atoms with van der Waals surface area (Å²) < 4.78 is 0. The number of nitrogens with one attached hydrogen (secondary N) is 2. The third-order valence-electron chi connectivity index (χ3n) is 8.24. The number of carbonyl (C=O) groups is 1. The minimum atomic E-state index is -0.357. The monoisotopic (exact) mass is 465 g/mol. The van der Waals surface area contributed by atoms with E-state index < -0.39 is 0 Å². The molecule has 0 spiro atoms. The molecule has 1 aromatic rings. The Bertz CT molecular complexity index is 830. The van der Waals surface area contributed by atoms with E-state index in [-0.39, 0.29) is 17.4 Å². The van der Waals surface area contributed by atoms with Gasteiger partial charge < -0.3 is 10.7 Å². The minimum Gasteiger partial charge on any atom is -0.349 e. The quantitative estimate of drug-likeness (QED) is 0.329. The van der Waals surface area contributed by atoms with E-state index in [2.05, 4.69) is 68.8 Å². The summed E-state index contributed by atoms with van der Waals surface area (Å²) in [4.78, 5) is 16.0. The van der Waals surface area contributed by atoms with E-state index in [0.717, 1.165) is 44.2 Å². The lowest BCUT2D eigenvalue weighted by Crippen LogP contribution is -2.45. The maximum atomic E-state index is 13.3. The number of nitrogens with zero attached hydrogens (tertiary/aromatic N) is 1. The Hall–Kier alpha value is -1.94. The third-order valence-corrected chi connectivity index (χ3v) is 8.24. The van der Waals surface area contributed by atoms with Crippen LogP contribution >= 0.6 is 0 Å². The number of hydrogen-bond donors (Lipinski definition) is 2. The fraction of sp³-hybridized carbons (Fsp3) is 0.667. The molecule has 2 saturated heterocycles. The van der Waals surface area contributed by atoms with Gasteiger partial charge in [-0.1, -0.05) is 77.4 Å². The van der Waals surface area contributed by atoms with Crippen molar-refractivity contribution in [3.8, 4) is 0 Å². The zero-order valence-electron chi connectivity index (χ0n) is 22.2. The van der Waals surface area contributed by atoms with E-state index >= 15 is 0 Å². The molecule has 4 nitrogen and oxygen atoms in total. The number of rotatable bonds is 12.